The Labute approximate surface area is 118 Å². The van der Waals surface area contributed by atoms with Crippen LogP contribution in [0.15, 0.2) is 48.5 Å². The van der Waals surface area contributed by atoms with Gasteiger partial charge in [0.05, 0.1) is 5.56 Å². The maximum Gasteiger partial charge on any atom is 0.416 e. The third kappa shape index (κ3) is 3.68. The van der Waals surface area contributed by atoms with Gasteiger partial charge < -0.3 is 5.32 Å². The van der Waals surface area contributed by atoms with Crippen LogP contribution in [0.5, 0.6) is 0 Å². The molecule has 0 fully saturated rings. The summed E-state index contributed by atoms with van der Waals surface area (Å²) < 4.78 is 37.7. The lowest BCUT2D eigenvalue weighted by Crippen LogP contribution is -2.13. The van der Waals surface area contributed by atoms with Gasteiger partial charge in [0.1, 0.15) is 6.29 Å². The van der Waals surface area contributed by atoms with Gasteiger partial charge in [-0.15, -0.1) is 0 Å². The highest BCUT2D eigenvalue weighted by molar-refractivity contribution is 6.04. The van der Waals surface area contributed by atoms with E-state index in [1.54, 1.807) is 0 Å². The van der Waals surface area contributed by atoms with Crippen molar-refractivity contribution in [3.63, 3.8) is 0 Å². The van der Waals surface area contributed by atoms with Crippen LogP contribution in [-0.4, -0.2) is 12.2 Å². The molecule has 0 bridgehead atoms. The molecule has 2 aromatic carbocycles. The van der Waals surface area contributed by atoms with Gasteiger partial charge in [0, 0.05) is 16.8 Å². The van der Waals surface area contributed by atoms with E-state index < -0.39 is 17.6 Å². The van der Waals surface area contributed by atoms with Crippen molar-refractivity contribution >= 4 is 17.9 Å². The Morgan fingerprint density at radius 3 is 2.29 bits per heavy atom. The molecule has 2 aromatic rings. The molecule has 0 aliphatic rings. The first-order valence-corrected chi connectivity index (χ1v) is 5.94. The second-order valence-electron chi connectivity index (χ2n) is 4.27. The second kappa shape index (κ2) is 5.78. The number of carbonyl (C=O) groups is 2. The minimum Gasteiger partial charge on any atom is -0.322 e. The molecule has 1 N–H and O–H groups in total. The van der Waals surface area contributed by atoms with Crippen molar-refractivity contribution in [1.82, 2.24) is 0 Å². The van der Waals surface area contributed by atoms with Crippen LogP contribution in [0.25, 0.3) is 0 Å². The van der Waals surface area contributed by atoms with Crippen LogP contribution in [0.3, 0.4) is 0 Å². The van der Waals surface area contributed by atoms with Crippen molar-refractivity contribution in [2.75, 3.05) is 5.32 Å². The highest BCUT2D eigenvalue weighted by Gasteiger charge is 2.30. The van der Waals surface area contributed by atoms with Crippen LogP contribution in [0.4, 0.5) is 18.9 Å². The molecule has 0 radical (unpaired) electrons. The van der Waals surface area contributed by atoms with E-state index in [0.29, 0.717) is 17.5 Å². The van der Waals surface area contributed by atoms with Crippen LogP contribution in [-0.2, 0) is 6.18 Å². The van der Waals surface area contributed by atoms with Crippen molar-refractivity contribution in [3.8, 4) is 0 Å². The van der Waals surface area contributed by atoms with Gasteiger partial charge in [-0.1, -0.05) is 6.07 Å². The van der Waals surface area contributed by atoms with Gasteiger partial charge in [0.25, 0.3) is 5.91 Å². The van der Waals surface area contributed by atoms with Crippen molar-refractivity contribution in [3.05, 3.63) is 65.2 Å². The predicted molar refractivity (Wildman–Crippen MR) is 71.2 cm³/mol. The minimum atomic E-state index is -4.50. The maximum atomic E-state index is 12.6. The molecule has 21 heavy (non-hydrogen) atoms. The highest BCUT2D eigenvalue weighted by Crippen LogP contribution is 2.29. The fourth-order valence-corrected chi connectivity index (χ4v) is 1.69. The molecular weight excluding hydrogens is 283 g/mol. The van der Waals surface area contributed by atoms with Gasteiger partial charge in [-0.05, 0) is 42.5 Å². The van der Waals surface area contributed by atoms with Gasteiger partial charge in [0.15, 0.2) is 0 Å². The number of hydrogen-bond acceptors (Lipinski definition) is 2. The van der Waals surface area contributed by atoms with Gasteiger partial charge >= 0.3 is 6.18 Å². The number of halogens is 3. The number of alkyl halides is 3. The Morgan fingerprint density at radius 2 is 1.71 bits per heavy atom. The van der Waals surface area contributed by atoms with Crippen LogP contribution >= 0.6 is 0 Å². The number of anilines is 1. The number of aldehydes is 1. The Hall–Kier alpha value is -2.63. The van der Waals surface area contributed by atoms with Crippen molar-refractivity contribution in [2.45, 2.75) is 6.18 Å². The molecule has 2 rings (SSSR count). The molecule has 0 unspecified atom stereocenters. The quantitative estimate of drug-likeness (QED) is 0.876. The SMILES string of the molecule is O=Cc1ccc(NC(=O)c2cccc(C(F)(F)F)c2)cc1. The zero-order valence-electron chi connectivity index (χ0n) is 10.6. The molecule has 0 aromatic heterocycles. The lowest BCUT2D eigenvalue weighted by molar-refractivity contribution is -0.137. The monoisotopic (exact) mass is 293 g/mol. The molecule has 0 aliphatic heterocycles. The number of amides is 1. The normalized spacial score (nSPS) is 11.0. The summed E-state index contributed by atoms with van der Waals surface area (Å²) in [6, 6.07) is 10.1. The van der Waals surface area contributed by atoms with Crippen molar-refractivity contribution in [2.24, 2.45) is 0 Å². The first kappa shape index (κ1) is 14.8. The summed E-state index contributed by atoms with van der Waals surface area (Å²) in [6.07, 6.45) is -3.85. The van der Waals surface area contributed by atoms with Gasteiger partial charge in [-0.2, -0.15) is 13.2 Å². The Kier molecular flexibility index (Phi) is 4.07. The molecule has 0 aliphatic carbocycles. The average Bonchev–Trinajstić information content (AvgIpc) is 2.47. The van der Waals surface area contributed by atoms with E-state index in [-0.39, 0.29) is 5.56 Å². The fraction of sp³-hybridized carbons (Fsp3) is 0.0667. The van der Waals surface area contributed by atoms with Gasteiger partial charge in [-0.25, -0.2) is 0 Å². The minimum absolute atomic E-state index is 0.0933. The first-order valence-electron chi connectivity index (χ1n) is 5.94. The lowest BCUT2D eigenvalue weighted by atomic mass is 10.1. The number of hydrogen-bond donors (Lipinski definition) is 1. The van der Waals surface area contributed by atoms with Gasteiger partial charge in [-0.3, -0.25) is 9.59 Å². The zero-order valence-corrected chi connectivity index (χ0v) is 10.6. The van der Waals surface area contributed by atoms with Crippen molar-refractivity contribution < 1.29 is 22.8 Å². The van der Waals surface area contributed by atoms with Crippen LogP contribution in [0, 0.1) is 0 Å². The van der Waals surface area contributed by atoms with E-state index in [0.717, 1.165) is 12.1 Å². The molecule has 0 saturated heterocycles. The summed E-state index contributed by atoms with van der Waals surface area (Å²) in [6.45, 7) is 0. The molecule has 6 heteroatoms. The molecular formula is C15H10F3NO2. The summed E-state index contributed by atoms with van der Waals surface area (Å²) in [5.74, 6) is -0.653. The molecule has 108 valence electrons. The van der Waals surface area contributed by atoms with E-state index in [2.05, 4.69) is 5.32 Å². The number of benzene rings is 2. The number of rotatable bonds is 3. The summed E-state index contributed by atoms with van der Waals surface area (Å²) in [5.41, 5.74) is -0.147. The lowest BCUT2D eigenvalue weighted by Gasteiger charge is -2.09. The van der Waals surface area contributed by atoms with E-state index in [1.165, 1.54) is 36.4 Å². The van der Waals surface area contributed by atoms with E-state index in [4.69, 9.17) is 0 Å². The van der Waals surface area contributed by atoms with Crippen LogP contribution in [0.1, 0.15) is 26.3 Å². The van der Waals surface area contributed by atoms with Crippen LogP contribution < -0.4 is 5.32 Å². The fourth-order valence-electron chi connectivity index (χ4n) is 1.69. The van der Waals surface area contributed by atoms with Crippen LogP contribution in [0.2, 0.25) is 0 Å². The van der Waals surface area contributed by atoms with E-state index in [1.807, 2.05) is 0 Å². The molecule has 0 atom stereocenters. The largest absolute Gasteiger partial charge is 0.416 e. The number of carbonyl (C=O) groups excluding carboxylic acids is 2. The maximum absolute atomic E-state index is 12.6. The van der Waals surface area contributed by atoms with E-state index in [9.17, 15) is 22.8 Å². The molecule has 0 spiro atoms. The zero-order chi connectivity index (χ0) is 15.5. The Balaban J connectivity index is 2.18. The topological polar surface area (TPSA) is 46.2 Å². The molecule has 3 nitrogen and oxygen atoms in total. The summed E-state index contributed by atoms with van der Waals surface area (Å²) in [7, 11) is 0. The Bertz CT molecular complexity index is 663. The average molecular weight is 293 g/mol. The predicted octanol–water partition coefficient (Wildman–Crippen LogP) is 3.77. The number of nitrogens with one attached hydrogen (secondary N) is 1. The first-order chi connectivity index (χ1) is 9.90. The van der Waals surface area contributed by atoms with Crippen molar-refractivity contribution in [1.29, 1.82) is 0 Å². The second-order valence-corrected chi connectivity index (χ2v) is 4.27. The third-order valence-corrected chi connectivity index (χ3v) is 2.76. The van der Waals surface area contributed by atoms with E-state index >= 15 is 0 Å². The molecule has 0 heterocycles. The summed E-state index contributed by atoms with van der Waals surface area (Å²) in [5, 5.41) is 2.47. The summed E-state index contributed by atoms with van der Waals surface area (Å²) >= 11 is 0. The summed E-state index contributed by atoms with van der Waals surface area (Å²) in [4.78, 5) is 22.4. The van der Waals surface area contributed by atoms with Gasteiger partial charge in [0.2, 0.25) is 0 Å². The molecule has 1 amide bonds. The highest BCUT2D eigenvalue weighted by atomic mass is 19.4. The Morgan fingerprint density at radius 1 is 1.05 bits per heavy atom. The molecule has 0 saturated carbocycles. The standard InChI is InChI=1S/C15H10F3NO2/c16-15(17,18)12-3-1-2-11(8-12)14(21)19-13-6-4-10(9-20)5-7-13/h1-9H,(H,19,21). The smallest absolute Gasteiger partial charge is 0.322 e. The third-order valence-electron chi connectivity index (χ3n) is 2.76.